The fourth-order valence-electron chi connectivity index (χ4n) is 2.59. The van der Waals surface area contributed by atoms with E-state index in [2.05, 4.69) is 10.5 Å². The second-order valence-electron chi connectivity index (χ2n) is 6.42. The summed E-state index contributed by atoms with van der Waals surface area (Å²) in [6, 6.07) is 11.4. The predicted molar refractivity (Wildman–Crippen MR) is 112 cm³/mol. The van der Waals surface area contributed by atoms with Gasteiger partial charge in [0.2, 0.25) is 0 Å². The molecule has 0 unspecified atom stereocenters. The van der Waals surface area contributed by atoms with E-state index in [9.17, 15) is 22.8 Å². The maximum absolute atomic E-state index is 12.5. The zero-order chi connectivity index (χ0) is 22.1. The van der Waals surface area contributed by atoms with Crippen molar-refractivity contribution in [1.29, 1.82) is 0 Å². The van der Waals surface area contributed by atoms with E-state index in [1.807, 2.05) is 25.1 Å². The van der Waals surface area contributed by atoms with E-state index in [0.717, 1.165) is 15.6 Å². The molecule has 0 saturated carbocycles. The van der Waals surface area contributed by atoms with Crippen molar-refractivity contribution in [3.05, 3.63) is 63.5 Å². The summed E-state index contributed by atoms with van der Waals surface area (Å²) in [7, 11) is 0. The molecule has 1 heterocycles. The van der Waals surface area contributed by atoms with Gasteiger partial charge in [-0.25, -0.2) is 5.43 Å². The lowest BCUT2D eigenvalue weighted by Crippen LogP contribution is -2.29. The van der Waals surface area contributed by atoms with E-state index in [4.69, 9.17) is 11.6 Å². The van der Waals surface area contributed by atoms with Crippen molar-refractivity contribution in [2.75, 3.05) is 5.32 Å². The number of rotatable bonds is 4. The van der Waals surface area contributed by atoms with Gasteiger partial charge in [0.05, 0.1) is 10.7 Å². The molecule has 10 heteroatoms. The van der Waals surface area contributed by atoms with Crippen molar-refractivity contribution < 1.29 is 22.8 Å². The SMILES string of the molecule is C/C(=N\NC(=O)c1sc2cc(C)ccc2c1Cl)c1cccc(NC(=O)C(F)(F)F)c1. The lowest BCUT2D eigenvalue weighted by molar-refractivity contribution is -0.167. The van der Waals surface area contributed by atoms with Crippen LogP contribution in [0.15, 0.2) is 47.6 Å². The summed E-state index contributed by atoms with van der Waals surface area (Å²) < 4.78 is 38.1. The first-order valence-corrected chi connectivity index (χ1v) is 9.77. The van der Waals surface area contributed by atoms with Gasteiger partial charge in [0.25, 0.3) is 5.91 Å². The second kappa shape index (κ2) is 8.45. The summed E-state index contributed by atoms with van der Waals surface area (Å²) >= 11 is 7.55. The van der Waals surface area contributed by atoms with Crippen molar-refractivity contribution in [2.24, 2.45) is 5.10 Å². The van der Waals surface area contributed by atoms with E-state index in [1.165, 1.54) is 29.5 Å². The smallest absolute Gasteiger partial charge is 0.318 e. The number of amides is 2. The summed E-state index contributed by atoms with van der Waals surface area (Å²) in [6.07, 6.45) is -4.99. The molecule has 3 rings (SSSR count). The van der Waals surface area contributed by atoms with Gasteiger partial charge in [0.1, 0.15) is 4.88 Å². The van der Waals surface area contributed by atoms with Crippen molar-refractivity contribution >= 4 is 56.2 Å². The van der Waals surface area contributed by atoms with Gasteiger partial charge in [-0.05, 0) is 43.2 Å². The summed E-state index contributed by atoms with van der Waals surface area (Å²) in [5, 5.41) is 6.87. The molecule has 0 saturated heterocycles. The van der Waals surface area contributed by atoms with Crippen LogP contribution in [0.2, 0.25) is 5.02 Å². The van der Waals surface area contributed by atoms with E-state index in [-0.39, 0.29) is 5.69 Å². The van der Waals surface area contributed by atoms with Crippen LogP contribution in [-0.4, -0.2) is 23.7 Å². The van der Waals surface area contributed by atoms with Crippen molar-refractivity contribution in [2.45, 2.75) is 20.0 Å². The summed E-state index contributed by atoms with van der Waals surface area (Å²) in [5.74, 6) is -2.57. The van der Waals surface area contributed by atoms with Gasteiger partial charge in [-0.2, -0.15) is 18.3 Å². The first kappa shape index (κ1) is 21.8. The highest BCUT2D eigenvalue weighted by Gasteiger charge is 2.38. The molecule has 0 aliphatic carbocycles. The Hall–Kier alpha value is -2.91. The molecule has 0 fully saturated rings. The van der Waals surface area contributed by atoms with Gasteiger partial charge in [-0.3, -0.25) is 9.59 Å². The van der Waals surface area contributed by atoms with Crippen LogP contribution < -0.4 is 10.7 Å². The Morgan fingerprint density at radius 1 is 1.13 bits per heavy atom. The Labute approximate surface area is 178 Å². The van der Waals surface area contributed by atoms with Gasteiger partial charge in [0.15, 0.2) is 0 Å². The van der Waals surface area contributed by atoms with Gasteiger partial charge in [-0.15, -0.1) is 11.3 Å². The number of halogens is 4. The number of nitrogens with one attached hydrogen (secondary N) is 2. The zero-order valence-electron chi connectivity index (χ0n) is 15.7. The molecule has 5 nitrogen and oxygen atoms in total. The van der Waals surface area contributed by atoms with Crippen LogP contribution >= 0.6 is 22.9 Å². The minimum absolute atomic E-state index is 0.0429. The highest BCUT2D eigenvalue weighted by atomic mass is 35.5. The zero-order valence-corrected chi connectivity index (χ0v) is 17.3. The topological polar surface area (TPSA) is 70.6 Å². The number of anilines is 1. The van der Waals surface area contributed by atoms with Gasteiger partial charge in [-0.1, -0.05) is 35.9 Å². The number of fused-ring (bicyclic) bond motifs is 1. The van der Waals surface area contributed by atoms with Crippen molar-refractivity contribution in [1.82, 2.24) is 5.43 Å². The molecule has 0 aliphatic rings. The van der Waals surface area contributed by atoms with Crippen molar-refractivity contribution in [3.8, 4) is 0 Å². The molecule has 0 atom stereocenters. The van der Waals surface area contributed by atoms with E-state index in [1.54, 1.807) is 18.3 Å². The molecule has 1 aromatic heterocycles. The lowest BCUT2D eigenvalue weighted by atomic mass is 10.1. The number of carbonyl (C=O) groups excluding carboxylic acids is 2. The monoisotopic (exact) mass is 453 g/mol. The Kier molecular flexibility index (Phi) is 6.14. The number of hydrogen-bond donors (Lipinski definition) is 2. The van der Waals surface area contributed by atoms with Crippen LogP contribution in [0, 0.1) is 6.92 Å². The molecule has 30 heavy (non-hydrogen) atoms. The van der Waals surface area contributed by atoms with Crippen LogP contribution in [0.1, 0.15) is 27.7 Å². The van der Waals surface area contributed by atoms with Crippen LogP contribution in [-0.2, 0) is 4.79 Å². The Bertz CT molecular complexity index is 1170. The maximum atomic E-state index is 12.5. The number of alkyl halides is 3. The molecule has 3 aromatic rings. The Balaban J connectivity index is 1.77. The standard InChI is InChI=1S/C20H15ClF3N3O2S/c1-10-6-7-14-15(8-10)30-17(16(14)21)18(28)27-26-11(2)12-4-3-5-13(9-12)25-19(29)20(22,23)24/h3-9H,1-2H3,(H,25,29)(H,27,28)/b26-11+. The third-order valence-corrected chi connectivity index (χ3v) is 5.77. The van der Waals surface area contributed by atoms with Gasteiger partial charge in [0, 0.05) is 15.8 Å². The fourth-order valence-corrected chi connectivity index (χ4v) is 4.10. The molecule has 2 N–H and O–H groups in total. The fraction of sp³-hybridized carbons (Fsp3) is 0.150. The normalized spacial score (nSPS) is 12.1. The molecular formula is C20H15ClF3N3O2S. The van der Waals surface area contributed by atoms with E-state index in [0.29, 0.717) is 21.2 Å². The Morgan fingerprint density at radius 2 is 1.87 bits per heavy atom. The number of hydrogen-bond acceptors (Lipinski definition) is 4. The third kappa shape index (κ3) is 4.80. The molecule has 2 aromatic carbocycles. The number of nitrogens with zero attached hydrogens (tertiary/aromatic N) is 1. The molecular weight excluding hydrogens is 439 g/mol. The summed E-state index contributed by atoms with van der Waals surface area (Å²) in [5.41, 5.74) is 4.16. The number of aryl methyl sites for hydroxylation is 1. The first-order valence-electron chi connectivity index (χ1n) is 8.58. The van der Waals surface area contributed by atoms with Crippen LogP contribution in [0.25, 0.3) is 10.1 Å². The molecule has 2 amide bonds. The number of thiophene rings is 1. The lowest BCUT2D eigenvalue weighted by Gasteiger charge is -2.09. The average Bonchev–Trinajstić information content (AvgIpc) is 3.01. The maximum Gasteiger partial charge on any atom is 0.471 e. The highest BCUT2D eigenvalue weighted by Crippen LogP contribution is 2.35. The third-order valence-electron chi connectivity index (χ3n) is 4.11. The minimum Gasteiger partial charge on any atom is -0.318 e. The second-order valence-corrected chi connectivity index (χ2v) is 7.85. The number of carbonyl (C=O) groups is 2. The summed E-state index contributed by atoms with van der Waals surface area (Å²) in [4.78, 5) is 23.9. The first-order chi connectivity index (χ1) is 14.1. The van der Waals surface area contributed by atoms with Crippen LogP contribution in [0.3, 0.4) is 0 Å². The summed E-state index contributed by atoms with van der Waals surface area (Å²) in [6.45, 7) is 3.51. The van der Waals surface area contributed by atoms with Crippen LogP contribution in [0.5, 0.6) is 0 Å². The number of hydrazone groups is 1. The Morgan fingerprint density at radius 3 is 2.57 bits per heavy atom. The minimum atomic E-state index is -4.99. The van der Waals surface area contributed by atoms with Crippen LogP contribution in [0.4, 0.5) is 18.9 Å². The highest BCUT2D eigenvalue weighted by molar-refractivity contribution is 7.21. The van der Waals surface area contributed by atoms with Gasteiger partial charge < -0.3 is 5.32 Å². The van der Waals surface area contributed by atoms with E-state index >= 15 is 0 Å². The largest absolute Gasteiger partial charge is 0.471 e. The molecule has 156 valence electrons. The molecule has 0 aliphatic heterocycles. The predicted octanol–water partition coefficient (Wildman–Crippen LogP) is 5.52. The quantitative estimate of drug-likeness (QED) is 0.403. The van der Waals surface area contributed by atoms with E-state index < -0.39 is 18.0 Å². The average molecular weight is 454 g/mol. The molecule has 0 radical (unpaired) electrons. The molecule has 0 bridgehead atoms. The molecule has 0 spiro atoms. The van der Waals surface area contributed by atoms with Crippen molar-refractivity contribution in [3.63, 3.8) is 0 Å². The number of benzene rings is 2. The van der Waals surface area contributed by atoms with Gasteiger partial charge >= 0.3 is 12.1 Å².